The minimum atomic E-state index is -0.245. The number of ether oxygens (including phenoxy) is 2. The molecule has 2 aromatic carbocycles. The Balaban J connectivity index is 0.00000101. The van der Waals surface area contributed by atoms with Gasteiger partial charge < -0.3 is 24.9 Å². The number of imide groups is 1. The van der Waals surface area contributed by atoms with E-state index in [1.54, 1.807) is 45.2 Å². The van der Waals surface area contributed by atoms with Gasteiger partial charge in [-0.15, -0.1) is 0 Å². The molecule has 1 aliphatic heterocycles. The van der Waals surface area contributed by atoms with E-state index < -0.39 is 0 Å². The first-order chi connectivity index (χ1) is 30.7. The maximum atomic E-state index is 12.0. The highest BCUT2D eigenvalue weighted by Crippen LogP contribution is 2.23. The van der Waals surface area contributed by atoms with Gasteiger partial charge in [-0.1, -0.05) is 83.5 Å². The lowest BCUT2D eigenvalue weighted by Gasteiger charge is -2.21. The fourth-order valence-electron chi connectivity index (χ4n) is 6.32. The molecular formula is C51H75N3O10. The minimum absolute atomic E-state index is 0.00250. The molecule has 0 aromatic heterocycles. The first-order valence-electron chi connectivity index (χ1n) is 22.7. The molecule has 0 radical (unpaired) electrons. The van der Waals surface area contributed by atoms with Gasteiger partial charge in [0.15, 0.2) is 11.6 Å². The van der Waals surface area contributed by atoms with Gasteiger partial charge in [0.25, 0.3) is 0 Å². The first kappa shape index (κ1) is 58.6. The summed E-state index contributed by atoms with van der Waals surface area (Å²) in [6, 6.07) is 10.9. The summed E-state index contributed by atoms with van der Waals surface area (Å²) in [5.74, 6) is -0.905. The Kier molecular flexibility index (Phi) is 33.0. The summed E-state index contributed by atoms with van der Waals surface area (Å²) >= 11 is 0. The van der Waals surface area contributed by atoms with Crippen LogP contribution >= 0.6 is 0 Å². The van der Waals surface area contributed by atoms with Crippen LogP contribution in [0.4, 0.5) is 0 Å². The number of carbonyl (C=O) groups excluding carboxylic acids is 8. The van der Waals surface area contributed by atoms with Crippen molar-refractivity contribution < 1.29 is 47.8 Å². The van der Waals surface area contributed by atoms with E-state index in [2.05, 4.69) is 22.9 Å². The molecule has 3 rings (SSSR count). The van der Waals surface area contributed by atoms with E-state index in [0.29, 0.717) is 62.8 Å². The van der Waals surface area contributed by atoms with Gasteiger partial charge in [0.1, 0.15) is 12.6 Å². The zero-order valence-corrected chi connectivity index (χ0v) is 39.8. The summed E-state index contributed by atoms with van der Waals surface area (Å²) in [5.41, 5.74) is 4.78. The highest BCUT2D eigenvalue weighted by molar-refractivity contribution is 5.99. The van der Waals surface area contributed by atoms with Crippen molar-refractivity contribution in [1.29, 1.82) is 0 Å². The van der Waals surface area contributed by atoms with Crippen LogP contribution in [0.5, 0.6) is 0 Å². The van der Waals surface area contributed by atoms with Crippen LogP contribution in [0.15, 0.2) is 48.6 Å². The SMILES string of the molecule is CC.CC(=O)/C=C/c1cccc(C=O)c1CCC1CCC(=O)NC1=O.CCCCOCCCC(C)OCCNC(=O)/C=C/c1cccc(C(C)=O)c1CC.CNC(=O)CCC(C)C=O. The van der Waals surface area contributed by atoms with E-state index >= 15 is 0 Å². The molecule has 1 aliphatic rings. The molecule has 3 atom stereocenters. The third-order valence-electron chi connectivity index (χ3n) is 10.0. The molecule has 1 fully saturated rings. The van der Waals surface area contributed by atoms with Crippen LogP contribution in [0.1, 0.15) is 156 Å². The number of allylic oxidation sites excluding steroid dienone is 1. The number of hydrogen-bond acceptors (Lipinski definition) is 10. The quantitative estimate of drug-likeness (QED) is 0.0289. The van der Waals surface area contributed by atoms with Gasteiger partial charge in [0, 0.05) is 68.7 Å². The van der Waals surface area contributed by atoms with Gasteiger partial charge in [-0.3, -0.25) is 38.9 Å². The lowest BCUT2D eigenvalue weighted by molar-refractivity contribution is -0.136. The van der Waals surface area contributed by atoms with Gasteiger partial charge in [0.2, 0.25) is 23.6 Å². The zero-order valence-electron chi connectivity index (χ0n) is 39.8. The normalized spacial score (nSPS) is 14.0. The summed E-state index contributed by atoms with van der Waals surface area (Å²) in [6.45, 7) is 17.6. The van der Waals surface area contributed by atoms with Gasteiger partial charge in [-0.2, -0.15) is 0 Å². The Labute approximate surface area is 382 Å². The molecule has 0 aliphatic carbocycles. The number of ketones is 2. The van der Waals surface area contributed by atoms with E-state index in [1.807, 2.05) is 52.0 Å². The molecule has 0 bridgehead atoms. The number of rotatable bonds is 25. The second-order valence-corrected chi connectivity index (χ2v) is 15.2. The predicted molar refractivity (Wildman–Crippen MR) is 254 cm³/mol. The summed E-state index contributed by atoms with van der Waals surface area (Å²) < 4.78 is 11.3. The summed E-state index contributed by atoms with van der Waals surface area (Å²) in [4.78, 5) is 89.8. The average Bonchev–Trinajstić information content (AvgIpc) is 3.29. The Bertz CT molecular complexity index is 1820. The van der Waals surface area contributed by atoms with Crippen LogP contribution in [0.25, 0.3) is 12.2 Å². The van der Waals surface area contributed by atoms with Crippen LogP contribution < -0.4 is 16.0 Å². The van der Waals surface area contributed by atoms with Crippen molar-refractivity contribution in [2.75, 3.05) is 33.4 Å². The third-order valence-corrected chi connectivity index (χ3v) is 10.0. The van der Waals surface area contributed by atoms with Crippen molar-refractivity contribution in [1.82, 2.24) is 16.0 Å². The van der Waals surface area contributed by atoms with E-state index in [-0.39, 0.29) is 53.1 Å². The van der Waals surface area contributed by atoms with Gasteiger partial charge in [-0.05, 0) is 107 Å². The van der Waals surface area contributed by atoms with Gasteiger partial charge in [-0.25, -0.2) is 0 Å². The lowest BCUT2D eigenvalue weighted by atomic mass is 9.89. The lowest BCUT2D eigenvalue weighted by Crippen LogP contribution is -2.40. The molecule has 3 N–H and O–H groups in total. The van der Waals surface area contributed by atoms with Crippen molar-refractivity contribution in [2.45, 2.75) is 132 Å². The van der Waals surface area contributed by atoms with Crippen molar-refractivity contribution in [3.8, 4) is 0 Å². The Hall–Kier alpha value is -5.40. The smallest absolute Gasteiger partial charge is 0.244 e. The maximum absolute atomic E-state index is 12.0. The van der Waals surface area contributed by atoms with Crippen LogP contribution in [-0.2, 0) is 51.1 Å². The molecule has 1 heterocycles. The van der Waals surface area contributed by atoms with E-state index in [4.69, 9.17) is 9.47 Å². The molecule has 0 saturated carbocycles. The number of Topliss-reactive ketones (excluding diaryl/α,β-unsaturated/α-hetero) is 1. The van der Waals surface area contributed by atoms with Crippen LogP contribution in [-0.4, -0.2) is 87.3 Å². The number of aldehydes is 2. The molecule has 4 amide bonds. The Morgan fingerprint density at radius 1 is 0.859 bits per heavy atom. The number of carbonyl (C=O) groups is 8. The molecule has 3 unspecified atom stereocenters. The largest absolute Gasteiger partial charge is 0.381 e. The van der Waals surface area contributed by atoms with Crippen LogP contribution in [0.3, 0.4) is 0 Å². The number of nitrogens with one attached hydrogen (secondary N) is 3. The highest BCUT2D eigenvalue weighted by Gasteiger charge is 2.26. The van der Waals surface area contributed by atoms with Gasteiger partial charge in [0.05, 0.1) is 12.7 Å². The standard InChI is InChI=1S/C24H37NO4.C18H19NO4.C7H13NO2.C2H6/c1-5-7-16-28-17-9-10-19(3)29-18-15-25-24(27)14-13-21-11-8-12-23(20(4)26)22(21)6-2;1-12(21)5-6-13-3-2-4-15(11-20)16(13)9-7-14-8-10-17(22)19-18(14)23;1-6(5-9)3-4-7(10)8-2;1-2/h8,11-14,19H,5-7,9-10,15-18H2,1-4H3,(H,25,27);2-6,11,14H,7-10H2,1H3,(H,19,22,23);5-6H,3-4H2,1-2H3,(H,8,10);1-2H3/b14-13+;6-5+;;. The molecule has 64 heavy (non-hydrogen) atoms. The monoisotopic (exact) mass is 890 g/mol. The predicted octanol–water partition coefficient (Wildman–Crippen LogP) is 8.04. The third kappa shape index (κ3) is 25.6. The fraction of sp³-hybridized carbons (Fsp3) is 0.529. The number of amides is 4. The molecular weight excluding hydrogens is 815 g/mol. The Morgan fingerprint density at radius 2 is 1.50 bits per heavy atom. The topological polar surface area (TPSA) is 191 Å². The van der Waals surface area contributed by atoms with E-state index in [0.717, 1.165) is 80.1 Å². The molecule has 13 heteroatoms. The van der Waals surface area contributed by atoms with E-state index in [9.17, 15) is 38.4 Å². The number of piperidine rings is 1. The molecule has 354 valence electrons. The summed E-state index contributed by atoms with van der Waals surface area (Å²) in [6.07, 6.45) is 16.2. The number of hydrogen-bond donors (Lipinski definition) is 3. The maximum Gasteiger partial charge on any atom is 0.244 e. The van der Waals surface area contributed by atoms with E-state index in [1.165, 1.54) is 19.1 Å². The molecule has 2 aromatic rings. The molecule has 1 saturated heterocycles. The highest BCUT2D eigenvalue weighted by atomic mass is 16.5. The number of benzene rings is 2. The molecule has 0 spiro atoms. The first-order valence-corrected chi connectivity index (χ1v) is 22.7. The summed E-state index contributed by atoms with van der Waals surface area (Å²) in [5, 5.41) is 7.66. The second kappa shape index (κ2) is 36.0. The Morgan fingerprint density at radius 3 is 2.09 bits per heavy atom. The van der Waals surface area contributed by atoms with Crippen LogP contribution in [0.2, 0.25) is 0 Å². The van der Waals surface area contributed by atoms with Crippen molar-refractivity contribution in [3.63, 3.8) is 0 Å². The van der Waals surface area contributed by atoms with Gasteiger partial charge >= 0.3 is 0 Å². The van der Waals surface area contributed by atoms with Crippen molar-refractivity contribution in [3.05, 3.63) is 81.9 Å². The number of unbranched alkanes of at least 4 members (excludes halogenated alkanes) is 1. The fourth-order valence-corrected chi connectivity index (χ4v) is 6.32. The molecule has 13 nitrogen and oxygen atoms in total. The summed E-state index contributed by atoms with van der Waals surface area (Å²) in [7, 11) is 1.59. The minimum Gasteiger partial charge on any atom is -0.381 e. The average molecular weight is 890 g/mol. The van der Waals surface area contributed by atoms with Crippen LogP contribution in [0, 0.1) is 11.8 Å². The van der Waals surface area contributed by atoms with Crippen molar-refractivity contribution >= 4 is 59.9 Å². The van der Waals surface area contributed by atoms with Crippen molar-refractivity contribution in [2.24, 2.45) is 11.8 Å². The zero-order chi connectivity index (χ0) is 48.3. The second-order valence-electron chi connectivity index (χ2n) is 15.2.